The number of esters is 1. The molecule has 1 aliphatic carbocycles. The van der Waals surface area contributed by atoms with Crippen molar-refractivity contribution in [2.24, 2.45) is 11.8 Å². The Morgan fingerprint density at radius 1 is 1.00 bits per heavy atom. The monoisotopic (exact) mass is 432 g/mol. The van der Waals surface area contributed by atoms with E-state index in [1.54, 1.807) is 18.2 Å². The Hall–Kier alpha value is -3.74. The zero-order valence-electron chi connectivity index (χ0n) is 18.0. The number of hydrogen-bond acceptors (Lipinski definition) is 5. The van der Waals surface area contributed by atoms with Crippen molar-refractivity contribution in [3.63, 3.8) is 0 Å². The van der Waals surface area contributed by atoms with Gasteiger partial charge >= 0.3 is 5.97 Å². The van der Waals surface area contributed by atoms with E-state index in [2.05, 4.69) is 5.32 Å². The molecule has 0 radical (unpaired) electrons. The van der Waals surface area contributed by atoms with Gasteiger partial charge in [0.25, 0.3) is 5.91 Å². The molecule has 7 heteroatoms. The molecule has 2 aromatic carbocycles. The highest BCUT2D eigenvalue weighted by atomic mass is 16.5. The second-order valence-electron chi connectivity index (χ2n) is 8.16. The molecule has 1 N–H and O–H groups in total. The number of fused-ring (bicyclic) bond motifs is 1. The Kier molecular flexibility index (Phi) is 5.90. The molecule has 4 rings (SSSR count). The summed E-state index contributed by atoms with van der Waals surface area (Å²) in [6.45, 7) is 3.39. The van der Waals surface area contributed by atoms with Crippen LogP contribution in [0.5, 0.6) is 0 Å². The summed E-state index contributed by atoms with van der Waals surface area (Å²) in [7, 11) is 0. The quantitative estimate of drug-likeness (QED) is 0.443. The number of carbonyl (C=O) groups excluding carboxylic acids is 4. The largest absolute Gasteiger partial charge is 0.452 e. The third-order valence-corrected chi connectivity index (χ3v) is 5.84. The average Bonchev–Trinajstić information content (AvgIpc) is 3.04. The van der Waals surface area contributed by atoms with Gasteiger partial charge in [0, 0.05) is 5.69 Å². The minimum atomic E-state index is -0.708. The van der Waals surface area contributed by atoms with E-state index >= 15 is 0 Å². The number of nitrogens with zero attached hydrogens (tertiary/aromatic N) is 1. The van der Waals surface area contributed by atoms with Gasteiger partial charge in [-0.3, -0.25) is 19.3 Å². The van der Waals surface area contributed by atoms with Gasteiger partial charge in [0.1, 0.15) is 0 Å². The molecule has 1 saturated heterocycles. The molecular weight excluding hydrogens is 408 g/mol. The number of rotatable bonds is 5. The highest BCUT2D eigenvalue weighted by Crippen LogP contribution is 2.37. The number of ether oxygens (including phenoxy) is 1. The summed E-state index contributed by atoms with van der Waals surface area (Å²) in [6.07, 6.45) is 4.94. The van der Waals surface area contributed by atoms with Gasteiger partial charge in [-0.25, -0.2) is 4.79 Å². The summed E-state index contributed by atoms with van der Waals surface area (Å²) in [5.74, 6) is -2.36. The van der Waals surface area contributed by atoms with Crippen molar-refractivity contribution in [1.82, 2.24) is 0 Å². The van der Waals surface area contributed by atoms with Crippen LogP contribution in [0.3, 0.4) is 0 Å². The Morgan fingerprint density at radius 2 is 1.69 bits per heavy atom. The number of allylic oxidation sites excluding steroid dienone is 2. The molecule has 164 valence electrons. The molecule has 2 atom stereocenters. The highest BCUT2D eigenvalue weighted by Gasteiger charge is 2.47. The summed E-state index contributed by atoms with van der Waals surface area (Å²) in [4.78, 5) is 51.4. The zero-order valence-corrected chi connectivity index (χ0v) is 18.0. The summed E-state index contributed by atoms with van der Waals surface area (Å²) >= 11 is 0. The van der Waals surface area contributed by atoms with Crippen molar-refractivity contribution < 1.29 is 23.9 Å². The molecule has 1 aliphatic heterocycles. The normalized spacial score (nSPS) is 19.6. The first-order valence-electron chi connectivity index (χ1n) is 10.5. The molecule has 1 heterocycles. The number of aryl methyl sites for hydroxylation is 2. The minimum Gasteiger partial charge on any atom is -0.452 e. The predicted molar refractivity (Wildman–Crippen MR) is 119 cm³/mol. The van der Waals surface area contributed by atoms with E-state index in [9.17, 15) is 19.2 Å². The maximum atomic E-state index is 12.8. The van der Waals surface area contributed by atoms with Crippen LogP contribution in [-0.4, -0.2) is 30.3 Å². The Bertz CT molecular complexity index is 1110. The fraction of sp³-hybridized carbons (Fsp3) is 0.280. The maximum Gasteiger partial charge on any atom is 0.338 e. The van der Waals surface area contributed by atoms with E-state index in [0.717, 1.165) is 16.0 Å². The van der Waals surface area contributed by atoms with Gasteiger partial charge in [0.05, 0.1) is 23.1 Å². The summed E-state index contributed by atoms with van der Waals surface area (Å²) < 4.78 is 5.14. The zero-order chi connectivity index (χ0) is 22.8. The summed E-state index contributed by atoms with van der Waals surface area (Å²) in [5, 5.41) is 2.72. The first kappa shape index (κ1) is 21.5. The number of hydrogen-bond donors (Lipinski definition) is 1. The van der Waals surface area contributed by atoms with Crippen LogP contribution in [0.25, 0.3) is 0 Å². The van der Waals surface area contributed by atoms with Gasteiger partial charge in [-0.15, -0.1) is 0 Å². The standard InChI is InChI=1S/C25H24N2O5/c1-15-10-11-21(16(2)12-15)26-22(28)14-32-25(31)17-6-5-7-18(13-17)27-23(29)19-8-3-4-9-20(19)24(27)30/h3-7,10-13,19-20H,8-9,14H2,1-2H3,(H,26,28)/t19-,20-/m0/s1. The third kappa shape index (κ3) is 4.19. The molecule has 0 aromatic heterocycles. The van der Waals surface area contributed by atoms with Crippen molar-refractivity contribution in [2.45, 2.75) is 26.7 Å². The average molecular weight is 432 g/mol. The lowest BCUT2D eigenvalue weighted by Gasteiger charge is -2.15. The number of anilines is 2. The SMILES string of the molecule is Cc1ccc(NC(=O)COC(=O)c2cccc(N3C(=O)[C@H]4CC=CC[C@@H]4C3=O)c2)c(C)c1. The Labute approximate surface area is 186 Å². The van der Waals surface area contributed by atoms with E-state index in [-0.39, 0.29) is 29.2 Å². The maximum absolute atomic E-state index is 12.8. The van der Waals surface area contributed by atoms with Gasteiger partial charge in [0.2, 0.25) is 11.8 Å². The number of nitrogens with one attached hydrogen (secondary N) is 1. The van der Waals surface area contributed by atoms with E-state index < -0.39 is 18.5 Å². The number of carbonyl (C=O) groups is 4. The predicted octanol–water partition coefficient (Wildman–Crippen LogP) is 3.55. The van der Waals surface area contributed by atoms with E-state index in [4.69, 9.17) is 4.74 Å². The molecule has 3 amide bonds. The number of imide groups is 1. The van der Waals surface area contributed by atoms with Crippen LogP contribution in [-0.2, 0) is 19.1 Å². The third-order valence-electron chi connectivity index (χ3n) is 5.84. The fourth-order valence-corrected chi connectivity index (χ4v) is 4.18. The molecule has 0 saturated carbocycles. The summed E-state index contributed by atoms with van der Waals surface area (Å²) in [5.41, 5.74) is 3.14. The van der Waals surface area contributed by atoms with Crippen molar-refractivity contribution >= 4 is 35.1 Å². The second-order valence-corrected chi connectivity index (χ2v) is 8.16. The first-order valence-corrected chi connectivity index (χ1v) is 10.5. The van der Waals surface area contributed by atoms with Gasteiger partial charge in [-0.2, -0.15) is 0 Å². The van der Waals surface area contributed by atoms with Crippen molar-refractivity contribution in [3.05, 3.63) is 71.3 Å². The molecule has 0 bridgehead atoms. The molecule has 32 heavy (non-hydrogen) atoms. The minimum absolute atomic E-state index is 0.162. The molecule has 1 fully saturated rings. The Balaban J connectivity index is 1.41. The second kappa shape index (κ2) is 8.78. The number of amides is 3. The van der Waals surface area contributed by atoms with E-state index in [1.165, 1.54) is 12.1 Å². The molecule has 0 spiro atoms. The topological polar surface area (TPSA) is 92.8 Å². The summed E-state index contributed by atoms with van der Waals surface area (Å²) in [6, 6.07) is 11.8. The van der Waals surface area contributed by atoms with Crippen molar-refractivity contribution in [1.29, 1.82) is 0 Å². The van der Waals surface area contributed by atoms with Crippen molar-refractivity contribution in [3.8, 4) is 0 Å². The van der Waals surface area contributed by atoms with Gasteiger partial charge in [-0.1, -0.05) is 35.9 Å². The lowest BCUT2D eigenvalue weighted by Crippen LogP contribution is -2.31. The molecule has 2 aliphatic rings. The first-order chi connectivity index (χ1) is 15.3. The van der Waals surface area contributed by atoms with Crippen LogP contribution in [0.4, 0.5) is 11.4 Å². The van der Waals surface area contributed by atoms with E-state index in [0.29, 0.717) is 24.2 Å². The van der Waals surface area contributed by atoms with Crippen LogP contribution in [0, 0.1) is 25.7 Å². The molecule has 2 aromatic rings. The van der Waals surface area contributed by atoms with Crippen LogP contribution in [0.15, 0.2) is 54.6 Å². The number of benzene rings is 2. The van der Waals surface area contributed by atoms with Gasteiger partial charge in [0.15, 0.2) is 6.61 Å². The van der Waals surface area contributed by atoms with Crippen LogP contribution in [0.1, 0.15) is 34.3 Å². The van der Waals surface area contributed by atoms with E-state index in [1.807, 2.05) is 38.1 Å². The van der Waals surface area contributed by atoms with Crippen molar-refractivity contribution in [2.75, 3.05) is 16.8 Å². The van der Waals surface area contributed by atoms with Gasteiger partial charge in [-0.05, 0) is 56.5 Å². The lowest BCUT2D eigenvalue weighted by atomic mass is 9.85. The van der Waals surface area contributed by atoms with Gasteiger partial charge < -0.3 is 10.1 Å². The molecule has 7 nitrogen and oxygen atoms in total. The smallest absolute Gasteiger partial charge is 0.338 e. The molecule has 0 unspecified atom stereocenters. The highest BCUT2D eigenvalue weighted by molar-refractivity contribution is 6.22. The molecular formula is C25H24N2O5. The van der Waals surface area contributed by atoms with Crippen LogP contribution in [0.2, 0.25) is 0 Å². The van der Waals surface area contributed by atoms with Crippen LogP contribution >= 0.6 is 0 Å². The fourth-order valence-electron chi connectivity index (χ4n) is 4.18. The lowest BCUT2D eigenvalue weighted by molar-refractivity contribution is -0.122. The van der Waals surface area contributed by atoms with Crippen LogP contribution < -0.4 is 10.2 Å². The Morgan fingerprint density at radius 3 is 2.34 bits per heavy atom.